The molecule has 0 amide bonds. The number of halogens is 2. The second kappa shape index (κ2) is 4.57. The largest absolute Gasteiger partial charge is 0.623 e. The molecule has 1 N–H and O–H groups in total. The Bertz CT molecular complexity index is 416. The standard InChI is InChI=1S/C11H13F2NO2/c1-11(2,7-15)14(16)6-8-3-4-9(12)5-10(8)13/h3-6,15H,7H2,1-2H3. The Morgan fingerprint density at radius 2 is 2.06 bits per heavy atom. The van der Waals surface area contributed by atoms with Crippen molar-refractivity contribution in [1.29, 1.82) is 0 Å². The highest BCUT2D eigenvalue weighted by atomic mass is 19.1. The lowest BCUT2D eigenvalue weighted by Crippen LogP contribution is -2.37. The van der Waals surface area contributed by atoms with E-state index in [1.165, 1.54) is 19.9 Å². The van der Waals surface area contributed by atoms with Gasteiger partial charge in [-0.15, -0.1) is 0 Å². The fourth-order valence-corrected chi connectivity index (χ4v) is 0.977. The van der Waals surface area contributed by atoms with E-state index >= 15 is 0 Å². The van der Waals surface area contributed by atoms with Gasteiger partial charge in [0.2, 0.25) is 0 Å². The van der Waals surface area contributed by atoms with Gasteiger partial charge in [0.05, 0.1) is 5.56 Å². The molecule has 0 spiro atoms. The smallest absolute Gasteiger partial charge is 0.190 e. The first-order valence-electron chi connectivity index (χ1n) is 4.74. The summed E-state index contributed by atoms with van der Waals surface area (Å²) in [6.45, 7) is 2.66. The fraction of sp³-hybridized carbons (Fsp3) is 0.364. The van der Waals surface area contributed by atoms with Gasteiger partial charge in [0.25, 0.3) is 0 Å². The van der Waals surface area contributed by atoms with E-state index < -0.39 is 17.2 Å². The van der Waals surface area contributed by atoms with E-state index in [2.05, 4.69) is 0 Å². The first-order valence-corrected chi connectivity index (χ1v) is 4.74. The van der Waals surface area contributed by atoms with E-state index in [4.69, 9.17) is 5.11 Å². The van der Waals surface area contributed by atoms with Crippen LogP contribution in [0.1, 0.15) is 19.4 Å². The zero-order chi connectivity index (χ0) is 12.3. The summed E-state index contributed by atoms with van der Waals surface area (Å²) in [7, 11) is 0. The average Bonchev–Trinajstić information content (AvgIpc) is 2.22. The third-order valence-corrected chi connectivity index (χ3v) is 2.20. The summed E-state index contributed by atoms with van der Waals surface area (Å²) in [6.07, 6.45) is 0.991. The van der Waals surface area contributed by atoms with Gasteiger partial charge in [-0.2, -0.15) is 0 Å². The number of hydrogen-bond acceptors (Lipinski definition) is 2. The summed E-state index contributed by atoms with van der Waals surface area (Å²) in [5.74, 6) is -1.51. The SMILES string of the molecule is CC(C)(CO)[N+]([O-])=Cc1ccc(F)cc1F. The van der Waals surface area contributed by atoms with Crippen molar-refractivity contribution in [3.63, 3.8) is 0 Å². The zero-order valence-corrected chi connectivity index (χ0v) is 9.08. The van der Waals surface area contributed by atoms with E-state index in [9.17, 15) is 14.0 Å². The van der Waals surface area contributed by atoms with Crippen LogP contribution in [0, 0.1) is 16.8 Å². The van der Waals surface area contributed by atoms with Gasteiger partial charge in [-0.05, 0) is 12.1 Å². The summed E-state index contributed by atoms with van der Waals surface area (Å²) in [6, 6.07) is 2.93. The van der Waals surface area contributed by atoms with Gasteiger partial charge < -0.3 is 10.3 Å². The highest BCUT2D eigenvalue weighted by Gasteiger charge is 2.25. The van der Waals surface area contributed by atoms with Crippen LogP contribution in [0.4, 0.5) is 8.78 Å². The van der Waals surface area contributed by atoms with Crippen LogP contribution in [0.3, 0.4) is 0 Å². The van der Waals surface area contributed by atoms with Crippen molar-refractivity contribution in [1.82, 2.24) is 0 Å². The number of aliphatic hydroxyl groups excluding tert-OH is 1. The normalized spacial score (nSPS) is 12.9. The Kier molecular flexibility index (Phi) is 3.59. The molecule has 88 valence electrons. The molecule has 3 nitrogen and oxygen atoms in total. The van der Waals surface area contributed by atoms with Gasteiger partial charge in [0, 0.05) is 19.9 Å². The molecule has 0 heterocycles. The van der Waals surface area contributed by atoms with Crippen LogP contribution in [0.15, 0.2) is 18.2 Å². The average molecular weight is 229 g/mol. The van der Waals surface area contributed by atoms with Gasteiger partial charge in [-0.25, -0.2) is 13.5 Å². The molecule has 0 bridgehead atoms. The van der Waals surface area contributed by atoms with Crippen molar-refractivity contribution < 1.29 is 18.6 Å². The molecule has 0 aliphatic heterocycles. The van der Waals surface area contributed by atoms with E-state index in [0.29, 0.717) is 10.8 Å². The molecule has 0 unspecified atom stereocenters. The van der Waals surface area contributed by atoms with Gasteiger partial charge in [-0.3, -0.25) is 0 Å². The van der Waals surface area contributed by atoms with E-state index in [1.807, 2.05) is 0 Å². The summed E-state index contributed by atoms with van der Waals surface area (Å²) in [4.78, 5) is 0. The Balaban J connectivity index is 3.08. The molecule has 0 fully saturated rings. The van der Waals surface area contributed by atoms with E-state index in [1.54, 1.807) is 0 Å². The topological polar surface area (TPSA) is 46.3 Å². The summed E-state index contributed by atoms with van der Waals surface area (Å²) in [5, 5.41) is 20.5. The molecule has 0 radical (unpaired) electrons. The monoisotopic (exact) mass is 229 g/mol. The number of hydrogen-bond donors (Lipinski definition) is 1. The predicted octanol–water partition coefficient (Wildman–Crippen LogP) is 1.66. The maximum atomic E-state index is 13.2. The van der Waals surface area contributed by atoms with Gasteiger partial charge in [0.15, 0.2) is 11.8 Å². The highest BCUT2D eigenvalue weighted by molar-refractivity contribution is 5.76. The molecule has 0 atom stereocenters. The van der Waals surface area contributed by atoms with Crippen LogP contribution >= 0.6 is 0 Å². The molecule has 0 saturated carbocycles. The summed E-state index contributed by atoms with van der Waals surface area (Å²) in [5.41, 5.74) is -1.06. The second-order valence-corrected chi connectivity index (χ2v) is 4.09. The maximum absolute atomic E-state index is 13.2. The third-order valence-electron chi connectivity index (χ3n) is 2.20. The van der Waals surface area contributed by atoms with Crippen LogP contribution in [-0.2, 0) is 0 Å². The molecule has 0 aromatic heterocycles. The van der Waals surface area contributed by atoms with Crippen molar-refractivity contribution in [2.45, 2.75) is 19.4 Å². The van der Waals surface area contributed by atoms with Crippen LogP contribution < -0.4 is 0 Å². The molecule has 16 heavy (non-hydrogen) atoms. The Labute approximate surface area is 92.2 Å². The lowest BCUT2D eigenvalue weighted by molar-refractivity contribution is -0.539. The highest BCUT2D eigenvalue weighted by Crippen LogP contribution is 2.10. The first-order chi connectivity index (χ1) is 7.36. The summed E-state index contributed by atoms with van der Waals surface area (Å²) < 4.78 is 26.3. The molecule has 1 rings (SSSR count). The lowest BCUT2D eigenvalue weighted by Gasteiger charge is -2.21. The number of benzene rings is 1. The van der Waals surface area contributed by atoms with Crippen LogP contribution in [0.25, 0.3) is 0 Å². The van der Waals surface area contributed by atoms with E-state index in [0.717, 1.165) is 12.3 Å². The minimum atomic E-state index is -1.04. The summed E-state index contributed by atoms with van der Waals surface area (Å²) >= 11 is 0. The molecular formula is C11H13F2NO2. The van der Waals surface area contributed by atoms with Crippen LogP contribution in [0.2, 0.25) is 0 Å². The molecule has 5 heteroatoms. The predicted molar refractivity (Wildman–Crippen MR) is 56.3 cm³/mol. The van der Waals surface area contributed by atoms with E-state index in [-0.39, 0.29) is 12.2 Å². The third kappa shape index (κ3) is 2.76. The fourth-order valence-electron chi connectivity index (χ4n) is 0.977. The minimum absolute atomic E-state index is 0.0158. The minimum Gasteiger partial charge on any atom is -0.623 e. The molecule has 0 aliphatic carbocycles. The van der Waals surface area contributed by atoms with Crippen LogP contribution in [0.5, 0.6) is 0 Å². The second-order valence-electron chi connectivity index (χ2n) is 4.09. The van der Waals surface area contributed by atoms with Gasteiger partial charge >= 0.3 is 0 Å². The van der Waals surface area contributed by atoms with Crippen molar-refractivity contribution in [3.8, 4) is 0 Å². The first kappa shape index (κ1) is 12.6. The Morgan fingerprint density at radius 1 is 1.44 bits per heavy atom. The van der Waals surface area contributed by atoms with Crippen molar-refractivity contribution in [2.24, 2.45) is 0 Å². The maximum Gasteiger partial charge on any atom is 0.190 e. The molecule has 1 aromatic carbocycles. The van der Waals surface area contributed by atoms with Crippen molar-refractivity contribution in [2.75, 3.05) is 6.61 Å². The number of hydroxylamine groups is 1. The zero-order valence-electron chi connectivity index (χ0n) is 9.08. The van der Waals surface area contributed by atoms with Crippen molar-refractivity contribution >= 4 is 6.21 Å². The number of aliphatic hydroxyl groups is 1. The Hall–Kier alpha value is -1.49. The molecule has 1 aromatic rings. The molecule has 0 aliphatic rings. The molecular weight excluding hydrogens is 216 g/mol. The lowest BCUT2D eigenvalue weighted by atomic mass is 10.1. The van der Waals surface area contributed by atoms with Gasteiger partial charge in [0.1, 0.15) is 18.2 Å². The van der Waals surface area contributed by atoms with Crippen LogP contribution in [-0.4, -0.2) is 28.2 Å². The Morgan fingerprint density at radius 3 is 2.56 bits per heavy atom. The van der Waals surface area contributed by atoms with Gasteiger partial charge in [-0.1, -0.05) is 0 Å². The van der Waals surface area contributed by atoms with Crippen molar-refractivity contribution in [3.05, 3.63) is 40.6 Å². The molecule has 0 saturated heterocycles. The number of rotatable bonds is 3. The number of nitrogens with zero attached hydrogens (tertiary/aromatic N) is 1. The quantitative estimate of drug-likeness (QED) is 0.371.